The van der Waals surface area contributed by atoms with Crippen molar-refractivity contribution in [2.24, 2.45) is 0 Å². The predicted molar refractivity (Wildman–Crippen MR) is 111 cm³/mol. The highest BCUT2D eigenvalue weighted by Gasteiger charge is 2.32. The number of hydrogen-bond acceptors (Lipinski definition) is 5. The summed E-state index contributed by atoms with van der Waals surface area (Å²) in [5.41, 5.74) is 2.27. The minimum Gasteiger partial charge on any atom is -0.598 e. The van der Waals surface area contributed by atoms with Gasteiger partial charge in [0, 0.05) is 27.8 Å². The highest BCUT2D eigenvalue weighted by molar-refractivity contribution is 9.10. The molecule has 0 bridgehead atoms. The molecule has 0 aromatic heterocycles. The van der Waals surface area contributed by atoms with E-state index < -0.39 is 11.4 Å². The van der Waals surface area contributed by atoms with Crippen LogP contribution in [0.1, 0.15) is 63.6 Å². The van der Waals surface area contributed by atoms with E-state index in [9.17, 15) is 4.55 Å². The van der Waals surface area contributed by atoms with E-state index >= 15 is 0 Å². The van der Waals surface area contributed by atoms with Crippen molar-refractivity contribution >= 4 is 27.3 Å². The normalized spacial score (nSPS) is 20.6. The first-order valence-electron chi connectivity index (χ1n) is 9.71. The molecule has 2 heterocycles. The molecule has 1 aromatic rings. The summed E-state index contributed by atoms with van der Waals surface area (Å²) in [5.74, 6) is 0.943. The van der Waals surface area contributed by atoms with Crippen molar-refractivity contribution in [3.8, 4) is 5.75 Å². The van der Waals surface area contributed by atoms with Gasteiger partial charge in [-0.3, -0.25) is 0 Å². The Morgan fingerprint density at radius 2 is 1.96 bits per heavy atom. The van der Waals surface area contributed by atoms with Crippen LogP contribution in [0.25, 0.3) is 0 Å². The third-order valence-electron chi connectivity index (χ3n) is 4.76. The van der Waals surface area contributed by atoms with E-state index in [1.54, 1.807) is 0 Å². The molecule has 0 saturated carbocycles. The summed E-state index contributed by atoms with van der Waals surface area (Å²) in [7, 11) is 0. The Labute approximate surface area is 174 Å². The third-order valence-corrected chi connectivity index (χ3v) is 6.83. The largest absolute Gasteiger partial charge is 0.598 e. The average Bonchev–Trinajstić information content (AvgIpc) is 2.64. The van der Waals surface area contributed by atoms with Crippen LogP contribution in [-0.4, -0.2) is 35.4 Å². The molecule has 0 radical (unpaired) electrons. The van der Waals surface area contributed by atoms with E-state index in [1.165, 1.54) is 5.56 Å². The average molecular weight is 460 g/mol. The minimum absolute atomic E-state index is 0.0939. The summed E-state index contributed by atoms with van der Waals surface area (Å²) in [6.07, 6.45) is 4.30. The monoisotopic (exact) mass is 459 g/mol. The van der Waals surface area contributed by atoms with Crippen LogP contribution < -0.4 is 9.46 Å². The summed E-state index contributed by atoms with van der Waals surface area (Å²) in [4.78, 5) is 0. The van der Waals surface area contributed by atoms with Gasteiger partial charge in [-0.15, -0.1) is 4.72 Å². The highest BCUT2D eigenvalue weighted by Crippen LogP contribution is 2.38. The molecule has 1 aromatic carbocycles. The van der Waals surface area contributed by atoms with Gasteiger partial charge in [0.1, 0.15) is 10.5 Å². The number of hydrogen-bond donors (Lipinski definition) is 1. The molecule has 0 amide bonds. The number of rotatable bonds is 6. The lowest BCUT2D eigenvalue weighted by molar-refractivity contribution is -0.182. The van der Waals surface area contributed by atoms with Gasteiger partial charge < -0.3 is 18.8 Å². The molecule has 0 aliphatic carbocycles. The molecule has 0 spiro atoms. The number of ether oxygens (including phenoxy) is 3. The van der Waals surface area contributed by atoms with Crippen LogP contribution in [0.3, 0.4) is 0 Å². The molecule has 2 atom stereocenters. The summed E-state index contributed by atoms with van der Waals surface area (Å²) >= 11 is 2.45. The van der Waals surface area contributed by atoms with Crippen molar-refractivity contribution in [2.45, 2.75) is 70.0 Å². The molecular formula is C20H30BrNO4S. The molecule has 1 fully saturated rings. The summed E-state index contributed by atoms with van der Waals surface area (Å²) < 4.78 is 34.3. The van der Waals surface area contributed by atoms with E-state index in [2.05, 4.69) is 32.8 Å². The van der Waals surface area contributed by atoms with Gasteiger partial charge in [0.15, 0.2) is 6.29 Å². The zero-order chi connectivity index (χ0) is 19.4. The Kier molecular flexibility index (Phi) is 7.50. The fraction of sp³-hybridized carbons (Fsp3) is 0.700. The second-order valence-electron chi connectivity index (χ2n) is 8.09. The zero-order valence-electron chi connectivity index (χ0n) is 16.4. The Balaban J connectivity index is 1.83. The van der Waals surface area contributed by atoms with Gasteiger partial charge in [-0.25, -0.2) is 0 Å². The van der Waals surface area contributed by atoms with E-state index in [0.29, 0.717) is 0 Å². The molecule has 7 heteroatoms. The molecule has 5 nitrogen and oxygen atoms in total. The van der Waals surface area contributed by atoms with Gasteiger partial charge in [-0.05, 0) is 64.2 Å². The van der Waals surface area contributed by atoms with Crippen LogP contribution in [0.15, 0.2) is 16.6 Å². The standard InChI is InChI=1S/C20H30BrNO4S/c1-20(2,3)27(23)22-17(7-8-18-24-10-5-11-25-18)16-13-15(21)12-14-6-4-9-26-19(14)16/h12-13,17-18,22H,4-11H2,1-3H3. The molecule has 1 saturated heterocycles. The highest BCUT2D eigenvalue weighted by atomic mass is 79.9. The van der Waals surface area contributed by atoms with Crippen LogP contribution in [0.2, 0.25) is 0 Å². The third kappa shape index (κ3) is 5.84. The van der Waals surface area contributed by atoms with Crippen LogP contribution in [0.5, 0.6) is 5.75 Å². The lowest BCUT2D eigenvalue weighted by atomic mass is 9.96. The summed E-state index contributed by atoms with van der Waals surface area (Å²) in [5, 5.41) is 0. The van der Waals surface area contributed by atoms with Gasteiger partial charge >= 0.3 is 0 Å². The molecule has 3 rings (SSSR count). The molecule has 1 N–H and O–H groups in total. The zero-order valence-corrected chi connectivity index (χ0v) is 18.8. The number of fused-ring (bicyclic) bond motifs is 1. The summed E-state index contributed by atoms with van der Waals surface area (Å²) in [6, 6.07) is 4.12. The topological polar surface area (TPSA) is 62.8 Å². The smallest absolute Gasteiger partial charge is 0.157 e. The molecule has 2 aliphatic heterocycles. The maximum Gasteiger partial charge on any atom is 0.157 e. The van der Waals surface area contributed by atoms with Crippen molar-refractivity contribution in [1.82, 2.24) is 4.72 Å². The van der Waals surface area contributed by atoms with Crippen molar-refractivity contribution in [3.05, 3.63) is 27.7 Å². The lowest BCUT2D eigenvalue weighted by Gasteiger charge is -2.31. The molecule has 27 heavy (non-hydrogen) atoms. The molecule has 2 unspecified atom stereocenters. The number of halogens is 1. The van der Waals surface area contributed by atoms with E-state index in [1.807, 2.05) is 20.8 Å². The Hall–Kier alpha value is -0.310. The number of aryl methyl sites for hydroxylation is 1. The fourth-order valence-corrected chi connectivity index (χ4v) is 4.70. The second kappa shape index (κ2) is 9.46. The Morgan fingerprint density at radius 1 is 1.22 bits per heavy atom. The Morgan fingerprint density at radius 3 is 2.67 bits per heavy atom. The molecular weight excluding hydrogens is 430 g/mol. The van der Waals surface area contributed by atoms with Crippen LogP contribution in [-0.2, 0) is 27.3 Å². The van der Waals surface area contributed by atoms with Gasteiger partial charge in [0.05, 0.1) is 25.9 Å². The van der Waals surface area contributed by atoms with Gasteiger partial charge in [-0.2, -0.15) is 0 Å². The maximum atomic E-state index is 12.8. The van der Waals surface area contributed by atoms with E-state index in [4.69, 9.17) is 14.2 Å². The van der Waals surface area contributed by atoms with Crippen molar-refractivity contribution in [3.63, 3.8) is 0 Å². The van der Waals surface area contributed by atoms with Gasteiger partial charge in [0.2, 0.25) is 0 Å². The van der Waals surface area contributed by atoms with Crippen LogP contribution in [0.4, 0.5) is 0 Å². The van der Waals surface area contributed by atoms with Crippen molar-refractivity contribution in [1.29, 1.82) is 0 Å². The SMILES string of the molecule is CC(C)(C)[S+]([O-])NC(CCC1OCCCO1)c1cc(Br)cc2c1OCCC2. The second-order valence-corrected chi connectivity index (χ2v) is 11.0. The van der Waals surface area contributed by atoms with E-state index in [0.717, 1.165) is 67.7 Å². The first-order valence-corrected chi connectivity index (χ1v) is 11.7. The van der Waals surface area contributed by atoms with Gasteiger partial charge in [-0.1, -0.05) is 15.9 Å². The Bertz CT molecular complexity index is 631. The molecule has 152 valence electrons. The maximum absolute atomic E-state index is 12.8. The molecule has 2 aliphatic rings. The predicted octanol–water partition coefficient (Wildman–Crippen LogP) is 4.41. The van der Waals surface area contributed by atoms with Crippen LogP contribution in [0, 0.1) is 0 Å². The van der Waals surface area contributed by atoms with Crippen molar-refractivity contribution < 1.29 is 18.8 Å². The first-order chi connectivity index (χ1) is 12.8. The quantitative estimate of drug-likeness (QED) is 0.638. The summed E-state index contributed by atoms with van der Waals surface area (Å²) in [6.45, 7) is 8.15. The van der Waals surface area contributed by atoms with Crippen molar-refractivity contribution in [2.75, 3.05) is 19.8 Å². The lowest BCUT2D eigenvalue weighted by Crippen LogP contribution is -2.41. The number of benzene rings is 1. The number of nitrogens with one attached hydrogen (secondary N) is 1. The van der Waals surface area contributed by atoms with Gasteiger partial charge in [0.25, 0.3) is 0 Å². The fourth-order valence-electron chi connectivity index (χ4n) is 3.32. The van der Waals surface area contributed by atoms with E-state index in [-0.39, 0.29) is 17.1 Å². The first kappa shape index (κ1) is 21.4. The minimum atomic E-state index is -1.18. The van der Waals surface area contributed by atoms with Crippen LogP contribution >= 0.6 is 15.9 Å².